The summed E-state index contributed by atoms with van der Waals surface area (Å²) in [6.07, 6.45) is 1.15. The number of thioether (sulfide) groups is 1. The SMILES string of the molecule is CCOCCCSCCCl. The van der Waals surface area contributed by atoms with E-state index in [2.05, 4.69) is 0 Å². The standard InChI is InChI=1S/C7H15ClOS/c1-2-9-5-3-6-10-7-4-8/h2-7H2,1H3. The van der Waals surface area contributed by atoms with Crippen molar-refractivity contribution in [3.8, 4) is 0 Å². The Labute approximate surface area is 72.5 Å². The number of hydrogen-bond donors (Lipinski definition) is 0. The van der Waals surface area contributed by atoms with Crippen LogP contribution in [0, 0.1) is 0 Å². The van der Waals surface area contributed by atoms with Crippen molar-refractivity contribution >= 4 is 23.4 Å². The highest BCUT2D eigenvalue weighted by Crippen LogP contribution is 2.02. The summed E-state index contributed by atoms with van der Waals surface area (Å²) in [5.74, 6) is 3.00. The fourth-order valence-corrected chi connectivity index (χ4v) is 1.53. The molecule has 0 heterocycles. The summed E-state index contributed by atoms with van der Waals surface area (Å²) in [5, 5.41) is 0. The van der Waals surface area contributed by atoms with E-state index in [-0.39, 0.29) is 0 Å². The Morgan fingerprint density at radius 2 is 2.20 bits per heavy atom. The normalized spacial score (nSPS) is 10.2. The van der Waals surface area contributed by atoms with Gasteiger partial charge in [-0.25, -0.2) is 0 Å². The molecule has 10 heavy (non-hydrogen) atoms. The van der Waals surface area contributed by atoms with Crippen LogP contribution in [0.4, 0.5) is 0 Å². The predicted molar refractivity (Wildman–Crippen MR) is 49.2 cm³/mol. The van der Waals surface area contributed by atoms with Crippen LogP contribution in [-0.4, -0.2) is 30.6 Å². The quantitative estimate of drug-likeness (QED) is 0.442. The molecule has 0 saturated heterocycles. The second-order valence-electron chi connectivity index (χ2n) is 1.85. The molecule has 0 spiro atoms. The lowest BCUT2D eigenvalue weighted by Gasteiger charge is -1.99. The summed E-state index contributed by atoms with van der Waals surface area (Å²) < 4.78 is 5.17. The molecule has 0 aliphatic rings. The summed E-state index contributed by atoms with van der Waals surface area (Å²) in [5.41, 5.74) is 0. The third-order valence-corrected chi connectivity index (χ3v) is 2.49. The van der Waals surface area contributed by atoms with E-state index in [1.807, 2.05) is 18.7 Å². The van der Waals surface area contributed by atoms with Gasteiger partial charge in [-0.2, -0.15) is 11.8 Å². The molecule has 0 N–H and O–H groups in total. The van der Waals surface area contributed by atoms with Gasteiger partial charge in [0, 0.05) is 24.8 Å². The summed E-state index contributed by atoms with van der Waals surface area (Å²) in [4.78, 5) is 0. The molecule has 0 saturated carbocycles. The number of hydrogen-bond acceptors (Lipinski definition) is 2. The minimum absolute atomic E-state index is 0.763. The molecule has 0 aromatic carbocycles. The van der Waals surface area contributed by atoms with Gasteiger partial charge < -0.3 is 4.74 Å². The van der Waals surface area contributed by atoms with E-state index in [4.69, 9.17) is 16.3 Å². The number of rotatable bonds is 7. The van der Waals surface area contributed by atoms with Crippen LogP contribution in [0.3, 0.4) is 0 Å². The number of halogens is 1. The maximum absolute atomic E-state index is 5.49. The molecule has 0 aliphatic carbocycles. The monoisotopic (exact) mass is 182 g/mol. The maximum atomic E-state index is 5.49. The van der Waals surface area contributed by atoms with Crippen LogP contribution in [-0.2, 0) is 4.74 Å². The molecule has 0 unspecified atom stereocenters. The van der Waals surface area contributed by atoms with Crippen molar-refractivity contribution in [2.24, 2.45) is 0 Å². The van der Waals surface area contributed by atoms with Gasteiger partial charge in [0.15, 0.2) is 0 Å². The van der Waals surface area contributed by atoms with Crippen LogP contribution in [0.5, 0.6) is 0 Å². The van der Waals surface area contributed by atoms with Crippen LogP contribution in [0.25, 0.3) is 0 Å². The van der Waals surface area contributed by atoms with E-state index >= 15 is 0 Å². The first-order chi connectivity index (χ1) is 4.91. The molecule has 0 rings (SSSR count). The van der Waals surface area contributed by atoms with E-state index < -0.39 is 0 Å². The first-order valence-electron chi connectivity index (χ1n) is 3.63. The van der Waals surface area contributed by atoms with E-state index in [1.165, 1.54) is 5.75 Å². The van der Waals surface area contributed by atoms with Crippen molar-refractivity contribution in [2.75, 3.05) is 30.6 Å². The van der Waals surface area contributed by atoms with E-state index in [9.17, 15) is 0 Å². The van der Waals surface area contributed by atoms with Gasteiger partial charge in [0.25, 0.3) is 0 Å². The summed E-state index contributed by atoms with van der Waals surface area (Å²) >= 11 is 7.38. The van der Waals surface area contributed by atoms with Gasteiger partial charge in [0.1, 0.15) is 0 Å². The van der Waals surface area contributed by atoms with Crippen LogP contribution >= 0.6 is 23.4 Å². The first kappa shape index (κ1) is 10.6. The Morgan fingerprint density at radius 1 is 1.40 bits per heavy atom. The van der Waals surface area contributed by atoms with Gasteiger partial charge in [-0.05, 0) is 19.1 Å². The highest BCUT2D eigenvalue weighted by Gasteiger charge is 1.87. The minimum atomic E-state index is 0.763. The molecule has 0 atom stereocenters. The Kier molecular flexibility index (Phi) is 10.2. The maximum Gasteiger partial charge on any atom is 0.0473 e. The molecular formula is C7H15ClOS. The second kappa shape index (κ2) is 9.60. The molecule has 0 aromatic heterocycles. The van der Waals surface area contributed by atoms with Gasteiger partial charge in [0.05, 0.1) is 0 Å². The van der Waals surface area contributed by atoms with E-state index in [1.54, 1.807) is 0 Å². The zero-order chi connectivity index (χ0) is 7.66. The van der Waals surface area contributed by atoms with Gasteiger partial charge >= 0.3 is 0 Å². The average Bonchev–Trinajstić information content (AvgIpc) is 1.97. The highest BCUT2D eigenvalue weighted by atomic mass is 35.5. The van der Waals surface area contributed by atoms with Crippen molar-refractivity contribution in [1.82, 2.24) is 0 Å². The molecule has 0 fully saturated rings. The molecule has 0 amide bonds. The van der Waals surface area contributed by atoms with Crippen LogP contribution < -0.4 is 0 Å². The molecule has 1 nitrogen and oxygen atoms in total. The largest absolute Gasteiger partial charge is 0.382 e. The Morgan fingerprint density at radius 3 is 2.80 bits per heavy atom. The van der Waals surface area contributed by atoms with Gasteiger partial charge in [-0.1, -0.05) is 0 Å². The Hall–Kier alpha value is 0.600. The van der Waals surface area contributed by atoms with Crippen molar-refractivity contribution < 1.29 is 4.74 Å². The van der Waals surface area contributed by atoms with E-state index in [0.29, 0.717) is 0 Å². The smallest absolute Gasteiger partial charge is 0.0473 e. The Bertz CT molecular complexity index is 53.6. The van der Waals surface area contributed by atoms with Gasteiger partial charge in [-0.3, -0.25) is 0 Å². The predicted octanol–water partition coefficient (Wildman–Crippen LogP) is 2.39. The molecule has 0 radical (unpaired) electrons. The van der Waals surface area contributed by atoms with Crippen LogP contribution in [0.15, 0.2) is 0 Å². The van der Waals surface area contributed by atoms with Crippen molar-refractivity contribution in [3.63, 3.8) is 0 Å². The lowest BCUT2D eigenvalue weighted by atomic mass is 10.5. The lowest BCUT2D eigenvalue weighted by molar-refractivity contribution is 0.149. The van der Waals surface area contributed by atoms with Gasteiger partial charge in [0.2, 0.25) is 0 Å². The van der Waals surface area contributed by atoms with Crippen LogP contribution in [0.1, 0.15) is 13.3 Å². The Balaban J connectivity index is 2.65. The molecule has 3 heteroatoms. The molecule has 0 aliphatic heterocycles. The summed E-state index contributed by atoms with van der Waals surface area (Å²) in [7, 11) is 0. The second-order valence-corrected chi connectivity index (χ2v) is 3.45. The third-order valence-electron chi connectivity index (χ3n) is 1.00. The average molecular weight is 183 g/mol. The number of ether oxygens (including phenoxy) is 1. The fourth-order valence-electron chi connectivity index (χ4n) is 0.564. The van der Waals surface area contributed by atoms with E-state index in [0.717, 1.165) is 31.3 Å². The van der Waals surface area contributed by atoms with Crippen molar-refractivity contribution in [1.29, 1.82) is 0 Å². The van der Waals surface area contributed by atoms with Crippen molar-refractivity contribution in [2.45, 2.75) is 13.3 Å². The molecule has 0 bridgehead atoms. The zero-order valence-corrected chi connectivity index (χ0v) is 8.01. The zero-order valence-electron chi connectivity index (χ0n) is 6.44. The topological polar surface area (TPSA) is 9.23 Å². The molecule has 62 valence electrons. The summed E-state index contributed by atoms with van der Waals surface area (Å²) in [6.45, 7) is 3.75. The first-order valence-corrected chi connectivity index (χ1v) is 5.32. The fraction of sp³-hybridized carbons (Fsp3) is 1.00. The highest BCUT2D eigenvalue weighted by molar-refractivity contribution is 7.99. The van der Waals surface area contributed by atoms with Gasteiger partial charge in [-0.15, -0.1) is 11.6 Å². The molecule has 0 aromatic rings. The van der Waals surface area contributed by atoms with Crippen molar-refractivity contribution in [3.05, 3.63) is 0 Å². The third kappa shape index (κ3) is 8.60. The summed E-state index contributed by atoms with van der Waals surface area (Å²) in [6, 6.07) is 0. The van der Waals surface area contributed by atoms with Crippen LogP contribution in [0.2, 0.25) is 0 Å². The minimum Gasteiger partial charge on any atom is -0.382 e. The lowest BCUT2D eigenvalue weighted by Crippen LogP contribution is -1.95. The number of alkyl halides is 1. The molecular weight excluding hydrogens is 168 g/mol.